The summed E-state index contributed by atoms with van der Waals surface area (Å²) >= 11 is 0. The quantitative estimate of drug-likeness (QED) is 0.427. The van der Waals surface area contributed by atoms with E-state index in [1.54, 1.807) is 0 Å². The van der Waals surface area contributed by atoms with Crippen molar-refractivity contribution in [3.05, 3.63) is 65.6 Å². The number of oxazole rings is 1. The van der Waals surface area contributed by atoms with Crippen molar-refractivity contribution in [2.75, 3.05) is 11.9 Å². The van der Waals surface area contributed by atoms with Crippen molar-refractivity contribution >= 4 is 22.5 Å². The van der Waals surface area contributed by atoms with Crippen molar-refractivity contribution in [1.29, 1.82) is 0 Å². The maximum absolute atomic E-state index is 12.5. The number of rotatable bonds is 7. The van der Waals surface area contributed by atoms with Crippen LogP contribution in [0.4, 0.5) is 5.69 Å². The molecule has 7 nitrogen and oxygen atoms in total. The molecule has 1 amide bonds. The summed E-state index contributed by atoms with van der Waals surface area (Å²) in [4.78, 5) is 21.0. The highest BCUT2D eigenvalue weighted by Gasteiger charge is 2.22. The number of nitrogens with two attached hydrogens (primary N) is 1. The smallest absolute Gasteiger partial charge is 0.277 e. The number of hydrogen-bond donors (Lipinski definition) is 2. The van der Waals surface area contributed by atoms with E-state index in [0.717, 1.165) is 46.5 Å². The van der Waals surface area contributed by atoms with Crippen LogP contribution in [-0.2, 0) is 6.54 Å². The molecule has 0 fully saturated rings. The number of pyridine rings is 1. The Labute approximate surface area is 187 Å². The molecule has 4 aromatic rings. The maximum atomic E-state index is 12.5. The van der Waals surface area contributed by atoms with Gasteiger partial charge in [0.2, 0.25) is 0 Å². The van der Waals surface area contributed by atoms with E-state index in [1.807, 2.05) is 26.0 Å². The predicted octanol–water partition coefficient (Wildman–Crippen LogP) is 5.03. The van der Waals surface area contributed by atoms with Gasteiger partial charge < -0.3 is 20.0 Å². The highest BCUT2D eigenvalue weighted by atomic mass is 16.3. The number of carbonyl (C=O) groups is 1. The van der Waals surface area contributed by atoms with Gasteiger partial charge in [-0.1, -0.05) is 13.8 Å². The van der Waals surface area contributed by atoms with Crippen molar-refractivity contribution in [1.82, 2.24) is 14.5 Å². The van der Waals surface area contributed by atoms with Gasteiger partial charge in [-0.15, -0.1) is 0 Å². The van der Waals surface area contributed by atoms with Crippen LogP contribution >= 0.6 is 0 Å². The molecule has 0 unspecified atom stereocenters. The molecule has 0 bridgehead atoms. The van der Waals surface area contributed by atoms with Crippen molar-refractivity contribution in [3.63, 3.8) is 0 Å². The molecular formula is C25H29N5O2. The summed E-state index contributed by atoms with van der Waals surface area (Å²) in [6.07, 6.45) is 3.46. The summed E-state index contributed by atoms with van der Waals surface area (Å²) in [7, 11) is 0. The van der Waals surface area contributed by atoms with E-state index in [1.165, 1.54) is 23.9 Å². The molecule has 0 saturated heterocycles. The van der Waals surface area contributed by atoms with Gasteiger partial charge in [-0.05, 0) is 68.6 Å². The average Bonchev–Trinajstić information content (AvgIpc) is 3.38. The Balaban J connectivity index is 1.90. The Kier molecular flexibility index (Phi) is 6.10. The van der Waals surface area contributed by atoms with Crippen LogP contribution in [0.1, 0.15) is 53.6 Å². The molecule has 3 heterocycles. The zero-order valence-corrected chi connectivity index (χ0v) is 19.0. The largest absolute Gasteiger partial charge is 0.451 e. The summed E-state index contributed by atoms with van der Waals surface area (Å²) < 4.78 is 7.28. The number of amides is 1. The first-order valence-electron chi connectivity index (χ1n) is 10.9. The summed E-state index contributed by atoms with van der Waals surface area (Å²) in [5.41, 5.74) is 13.5. The van der Waals surface area contributed by atoms with Gasteiger partial charge in [0, 0.05) is 40.1 Å². The van der Waals surface area contributed by atoms with Gasteiger partial charge in [0.15, 0.2) is 12.1 Å². The molecule has 3 aromatic heterocycles. The maximum Gasteiger partial charge on any atom is 0.277 e. The van der Waals surface area contributed by atoms with Crippen molar-refractivity contribution in [3.8, 4) is 11.3 Å². The van der Waals surface area contributed by atoms with Crippen LogP contribution in [0.5, 0.6) is 0 Å². The lowest BCUT2D eigenvalue weighted by Gasteiger charge is -2.15. The number of aryl methyl sites for hydroxylation is 3. The molecule has 0 aliphatic carbocycles. The normalized spacial score (nSPS) is 11.4. The number of hydrogen-bond acceptors (Lipinski definition) is 5. The number of nitrogens with zero attached hydrogens (tertiary/aromatic N) is 3. The van der Waals surface area contributed by atoms with Crippen LogP contribution in [0.25, 0.3) is 22.2 Å². The second kappa shape index (κ2) is 8.96. The van der Waals surface area contributed by atoms with E-state index >= 15 is 0 Å². The first-order valence-corrected chi connectivity index (χ1v) is 10.9. The zero-order chi connectivity index (χ0) is 22.8. The van der Waals surface area contributed by atoms with E-state index in [9.17, 15) is 4.79 Å². The average molecular weight is 432 g/mol. The van der Waals surface area contributed by atoms with Gasteiger partial charge in [-0.25, -0.2) is 4.98 Å². The highest BCUT2D eigenvalue weighted by molar-refractivity contribution is 6.04. The molecule has 0 radical (unpaired) electrons. The lowest BCUT2D eigenvalue weighted by molar-refractivity contribution is 0.102. The SMILES string of the molecule is Cc1cc(-c2c(C(C)C)c3cc(NC(=O)c4cocn4)ccc3n2CCCN)cc(C)n1. The van der Waals surface area contributed by atoms with Gasteiger partial charge in [-0.3, -0.25) is 9.78 Å². The minimum absolute atomic E-state index is 0.248. The van der Waals surface area contributed by atoms with Crippen LogP contribution in [0.2, 0.25) is 0 Å². The van der Waals surface area contributed by atoms with E-state index < -0.39 is 0 Å². The first kappa shape index (κ1) is 21.8. The summed E-state index contributed by atoms with van der Waals surface area (Å²) in [5.74, 6) is -0.0192. The van der Waals surface area contributed by atoms with E-state index in [4.69, 9.17) is 10.2 Å². The monoisotopic (exact) mass is 431 g/mol. The highest BCUT2D eigenvalue weighted by Crippen LogP contribution is 2.40. The lowest BCUT2D eigenvalue weighted by atomic mass is 9.95. The summed E-state index contributed by atoms with van der Waals surface area (Å²) in [6, 6.07) is 10.3. The Hall–Kier alpha value is -3.45. The fraction of sp³-hybridized carbons (Fsp3) is 0.320. The second-order valence-electron chi connectivity index (χ2n) is 8.41. The Morgan fingerprint density at radius 3 is 2.56 bits per heavy atom. The molecule has 0 aliphatic heterocycles. The topological polar surface area (TPSA) is 99.0 Å². The third-order valence-electron chi connectivity index (χ3n) is 5.54. The Morgan fingerprint density at radius 2 is 1.94 bits per heavy atom. The molecule has 0 aliphatic rings. The molecule has 1 aromatic carbocycles. The standard InChI is InChI=1S/C25H29N5O2/c1-15(2)23-20-12-19(29-25(31)21-13-32-14-27-21)6-7-22(20)30(9-5-8-26)24(23)18-10-16(3)28-17(4)11-18/h6-7,10-15H,5,8-9,26H2,1-4H3,(H,29,31). The van der Waals surface area contributed by atoms with E-state index in [0.29, 0.717) is 6.54 Å². The number of anilines is 1. The van der Waals surface area contributed by atoms with Gasteiger partial charge in [0.05, 0.1) is 5.69 Å². The minimum atomic E-state index is -0.299. The molecular weight excluding hydrogens is 402 g/mol. The molecule has 7 heteroatoms. The molecule has 3 N–H and O–H groups in total. The van der Waals surface area contributed by atoms with Gasteiger partial charge in [0.25, 0.3) is 5.91 Å². The van der Waals surface area contributed by atoms with Gasteiger partial charge in [-0.2, -0.15) is 0 Å². The number of benzene rings is 1. The molecule has 0 spiro atoms. The van der Waals surface area contributed by atoms with Crippen molar-refractivity contribution in [2.24, 2.45) is 5.73 Å². The number of nitrogens with one attached hydrogen (secondary N) is 1. The van der Waals surface area contributed by atoms with Crippen molar-refractivity contribution < 1.29 is 9.21 Å². The first-order chi connectivity index (χ1) is 15.4. The van der Waals surface area contributed by atoms with Crippen LogP contribution in [0.15, 0.2) is 47.4 Å². The third-order valence-corrected chi connectivity index (χ3v) is 5.54. The van der Waals surface area contributed by atoms with Crippen LogP contribution < -0.4 is 11.1 Å². The Bertz CT molecular complexity index is 1240. The van der Waals surface area contributed by atoms with E-state index in [-0.39, 0.29) is 17.5 Å². The lowest BCUT2D eigenvalue weighted by Crippen LogP contribution is -2.12. The molecule has 4 rings (SSSR count). The van der Waals surface area contributed by atoms with Crippen LogP contribution in [0, 0.1) is 13.8 Å². The number of aromatic nitrogens is 3. The number of carbonyl (C=O) groups excluding carboxylic acids is 1. The summed E-state index contributed by atoms with van der Waals surface area (Å²) in [6.45, 7) is 9.89. The predicted molar refractivity (Wildman–Crippen MR) is 127 cm³/mol. The fourth-order valence-electron chi connectivity index (χ4n) is 4.33. The number of fused-ring (bicyclic) bond motifs is 1. The van der Waals surface area contributed by atoms with Crippen molar-refractivity contribution in [2.45, 2.75) is 46.6 Å². The van der Waals surface area contributed by atoms with Crippen LogP contribution in [0.3, 0.4) is 0 Å². The van der Waals surface area contributed by atoms with E-state index in [2.05, 4.69) is 51.9 Å². The van der Waals surface area contributed by atoms with Crippen LogP contribution in [-0.4, -0.2) is 27.0 Å². The molecule has 32 heavy (non-hydrogen) atoms. The minimum Gasteiger partial charge on any atom is -0.451 e. The molecule has 166 valence electrons. The summed E-state index contributed by atoms with van der Waals surface area (Å²) in [5, 5.41) is 4.05. The fourth-order valence-corrected chi connectivity index (χ4v) is 4.33. The van der Waals surface area contributed by atoms with Gasteiger partial charge >= 0.3 is 0 Å². The zero-order valence-electron chi connectivity index (χ0n) is 19.0. The third kappa shape index (κ3) is 4.16. The second-order valence-corrected chi connectivity index (χ2v) is 8.41. The molecule has 0 saturated carbocycles. The Morgan fingerprint density at radius 1 is 1.19 bits per heavy atom. The molecule has 0 atom stereocenters. The van der Waals surface area contributed by atoms with Gasteiger partial charge in [0.1, 0.15) is 6.26 Å².